The molecule has 0 fully saturated rings. The summed E-state index contributed by atoms with van der Waals surface area (Å²) in [6.07, 6.45) is 0. The van der Waals surface area contributed by atoms with E-state index in [0.29, 0.717) is 5.89 Å². The second kappa shape index (κ2) is 11.9. The van der Waals surface area contributed by atoms with Crippen molar-refractivity contribution in [2.24, 2.45) is 0 Å². The molecule has 4 heteroatoms. The topological polar surface area (TPSA) is 42.4 Å². The maximum atomic E-state index is 6.40. The Bertz CT molecular complexity index is 2850. The maximum Gasteiger partial charge on any atom is 0.227 e. The van der Waals surface area contributed by atoms with E-state index >= 15 is 0 Å². The number of hydrogen-bond acceptors (Lipinski definition) is 4. The first-order valence-electron chi connectivity index (χ1n) is 17.1. The van der Waals surface area contributed by atoms with Gasteiger partial charge in [0.05, 0.1) is 0 Å². The summed E-state index contributed by atoms with van der Waals surface area (Å²) in [6.45, 7) is 0. The molecule has 0 saturated heterocycles. The van der Waals surface area contributed by atoms with E-state index in [1.807, 2.05) is 42.5 Å². The summed E-state index contributed by atoms with van der Waals surface area (Å²) < 4.78 is 12.7. The zero-order valence-electron chi connectivity index (χ0n) is 27.5. The monoisotopic (exact) mass is 654 g/mol. The van der Waals surface area contributed by atoms with Crippen LogP contribution in [0.2, 0.25) is 0 Å². The summed E-state index contributed by atoms with van der Waals surface area (Å²) in [5, 5.41) is 4.45. The van der Waals surface area contributed by atoms with E-state index in [0.717, 1.165) is 61.2 Å². The molecule has 2 aromatic heterocycles. The Kier molecular flexibility index (Phi) is 6.78. The second-order valence-corrected chi connectivity index (χ2v) is 12.8. The van der Waals surface area contributed by atoms with E-state index in [1.54, 1.807) is 0 Å². The average Bonchev–Trinajstić information content (AvgIpc) is 3.78. The fourth-order valence-electron chi connectivity index (χ4n) is 7.20. The molecule has 0 atom stereocenters. The quantitative estimate of drug-likeness (QED) is 0.179. The first-order chi connectivity index (χ1) is 25.2. The van der Waals surface area contributed by atoms with E-state index in [-0.39, 0.29) is 0 Å². The molecule has 51 heavy (non-hydrogen) atoms. The Morgan fingerprint density at radius 3 is 1.86 bits per heavy atom. The van der Waals surface area contributed by atoms with Crippen molar-refractivity contribution in [3.05, 3.63) is 182 Å². The Labute approximate surface area is 294 Å². The smallest absolute Gasteiger partial charge is 0.227 e. The van der Waals surface area contributed by atoms with Crippen LogP contribution in [-0.4, -0.2) is 4.98 Å². The van der Waals surface area contributed by atoms with Gasteiger partial charge in [-0.2, -0.15) is 0 Å². The molecule has 10 aromatic rings. The number of hydrogen-bond donors (Lipinski definition) is 0. The van der Waals surface area contributed by atoms with E-state index in [1.165, 1.54) is 27.5 Å². The van der Waals surface area contributed by atoms with Gasteiger partial charge in [0.25, 0.3) is 0 Å². The van der Waals surface area contributed by atoms with Gasteiger partial charge in [-0.05, 0) is 93.7 Å². The summed E-state index contributed by atoms with van der Waals surface area (Å²) >= 11 is 0. The van der Waals surface area contributed by atoms with Crippen LogP contribution in [0.5, 0.6) is 0 Å². The van der Waals surface area contributed by atoms with Crippen LogP contribution in [0, 0.1) is 0 Å². The number of benzene rings is 8. The number of fused-ring (bicyclic) bond motifs is 5. The predicted octanol–water partition coefficient (Wildman–Crippen LogP) is 13.4. The lowest BCUT2D eigenvalue weighted by Gasteiger charge is -2.26. The van der Waals surface area contributed by atoms with Gasteiger partial charge in [0.2, 0.25) is 5.89 Å². The Morgan fingerprint density at radius 1 is 0.373 bits per heavy atom. The first kappa shape index (κ1) is 29.0. The lowest BCUT2D eigenvalue weighted by Crippen LogP contribution is -2.10. The minimum absolute atomic E-state index is 0.597. The van der Waals surface area contributed by atoms with Gasteiger partial charge >= 0.3 is 0 Å². The molecule has 0 aliphatic carbocycles. The Morgan fingerprint density at radius 2 is 1.02 bits per heavy atom. The Balaban J connectivity index is 1.13. The van der Waals surface area contributed by atoms with E-state index in [2.05, 4.69) is 144 Å². The molecule has 240 valence electrons. The second-order valence-electron chi connectivity index (χ2n) is 12.8. The number of aromatic nitrogens is 1. The van der Waals surface area contributed by atoms with Crippen molar-refractivity contribution in [2.45, 2.75) is 0 Å². The summed E-state index contributed by atoms with van der Waals surface area (Å²) in [7, 11) is 0. The number of oxazole rings is 1. The van der Waals surface area contributed by atoms with Crippen LogP contribution in [-0.2, 0) is 0 Å². The lowest BCUT2D eigenvalue weighted by atomic mass is 9.97. The molecule has 0 aliphatic rings. The van der Waals surface area contributed by atoms with Crippen LogP contribution in [0.25, 0.3) is 77.5 Å². The molecule has 2 heterocycles. The molecule has 0 N–H and O–H groups in total. The molecule has 0 aliphatic heterocycles. The third kappa shape index (κ3) is 5.13. The molecule has 4 nitrogen and oxygen atoms in total. The fraction of sp³-hybridized carbons (Fsp3) is 0. The van der Waals surface area contributed by atoms with Crippen molar-refractivity contribution in [2.75, 3.05) is 4.90 Å². The zero-order chi connectivity index (χ0) is 33.7. The Hall–Kier alpha value is -6.91. The summed E-state index contributed by atoms with van der Waals surface area (Å²) in [6, 6.07) is 63.6. The van der Waals surface area contributed by atoms with Crippen molar-refractivity contribution >= 4 is 60.9 Å². The maximum absolute atomic E-state index is 6.40. The van der Waals surface area contributed by atoms with Gasteiger partial charge in [-0.3, -0.25) is 0 Å². The molecular weight excluding hydrogens is 625 g/mol. The van der Waals surface area contributed by atoms with Gasteiger partial charge in [0.1, 0.15) is 16.7 Å². The highest BCUT2D eigenvalue weighted by Gasteiger charge is 2.19. The van der Waals surface area contributed by atoms with Crippen LogP contribution in [0.15, 0.2) is 191 Å². The molecule has 0 unspecified atom stereocenters. The van der Waals surface area contributed by atoms with Crippen LogP contribution in [0.1, 0.15) is 0 Å². The first-order valence-corrected chi connectivity index (χ1v) is 17.1. The molecule has 0 radical (unpaired) electrons. The average molecular weight is 655 g/mol. The van der Waals surface area contributed by atoms with Crippen molar-refractivity contribution < 1.29 is 8.83 Å². The fourth-order valence-corrected chi connectivity index (χ4v) is 7.20. The van der Waals surface area contributed by atoms with E-state index < -0.39 is 0 Å². The van der Waals surface area contributed by atoms with Crippen molar-refractivity contribution in [3.8, 4) is 33.7 Å². The number of anilines is 3. The van der Waals surface area contributed by atoms with Gasteiger partial charge in [-0.1, -0.05) is 115 Å². The third-order valence-electron chi connectivity index (χ3n) is 9.68. The van der Waals surface area contributed by atoms with E-state index in [9.17, 15) is 0 Å². The molecule has 0 saturated carbocycles. The third-order valence-corrected chi connectivity index (χ3v) is 9.68. The summed E-state index contributed by atoms with van der Waals surface area (Å²) in [5.74, 6) is 0.597. The van der Waals surface area contributed by atoms with Crippen molar-refractivity contribution in [3.63, 3.8) is 0 Å². The van der Waals surface area contributed by atoms with Crippen LogP contribution >= 0.6 is 0 Å². The molecule has 0 bridgehead atoms. The lowest BCUT2D eigenvalue weighted by molar-refractivity contribution is 0.620. The minimum atomic E-state index is 0.597. The highest BCUT2D eigenvalue weighted by atomic mass is 16.4. The number of rotatable bonds is 6. The van der Waals surface area contributed by atoms with Gasteiger partial charge < -0.3 is 13.7 Å². The normalized spacial score (nSPS) is 11.5. The van der Waals surface area contributed by atoms with Crippen LogP contribution in [0.4, 0.5) is 17.1 Å². The molecule has 0 amide bonds. The van der Waals surface area contributed by atoms with Crippen molar-refractivity contribution in [1.29, 1.82) is 0 Å². The van der Waals surface area contributed by atoms with Gasteiger partial charge in [-0.25, -0.2) is 4.98 Å². The minimum Gasteiger partial charge on any atom is -0.456 e. The molecule has 0 spiro atoms. The predicted molar refractivity (Wildman–Crippen MR) is 210 cm³/mol. The summed E-state index contributed by atoms with van der Waals surface area (Å²) in [4.78, 5) is 7.10. The highest BCUT2D eigenvalue weighted by molar-refractivity contribution is 6.10. The SMILES string of the molecule is c1ccc(-c2ccc(N(c3cccc(-c4cccc5ccccc45)c3)c3ccc4oc5cc6nc(-c7ccccc7)oc6cc5c4c3)cc2)cc1. The molecular formula is C47H30N2O2. The van der Waals surface area contributed by atoms with Crippen LogP contribution < -0.4 is 4.90 Å². The molecule has 10 rings (SSSR count). The van der Waals surface area contributed by atoms with Gasteiger partial charge in [0.15, 0.2) is 5.58 Å². The van der Waals surface area contributed by atoms with E-state index in [4.69, 9.17) is 13.8 Å². The number of furan rings is 1. The largest absolute Gasteiger partial charge is 0.456 e. The standard InChI is InChI=1S/C47H30N2O2/c1-3-11-31(12-4-1)32-21-23-36(24-22-32)49(37-18-9-17-35(27-37)40-20-10-16-33-13-7-8-19-39(33)40)38-25-26-44-41(28-38)42-29-46-43(30-45(42)50-44)48-47(51-46)34-14-5-2-6-15-34/h1-30H. The van der Waals surface area contributed by atoms with Crippen LogP contribution in [0.3, 0.4) is 0 Å². The zero-order valence-corrected chi connectivity index (χ0v) is 27.5. The number of nitrogens with zero attached hydrogens (tertiary/aromatic N) is 2. The van der Waals surface area contributed by atoms with Crippen molar-refractivity contribution in [1.82, 2.24) is 4.98 Å². The van der Waals surface area contributed by atoms with Gasteiger partial charge in [0, 0.05) is 39.5 Å². The highest BCUT2D eigenvalue weighted by Crippen LogP contribution is 2.42. The molecule has 8 aromatic carbocycles. The summed E-state index contributed by atoms with van der Waals surface area (Å²) in [5.41, 5.74) is 11.9. The van der Waals surface area contributed by atoms with Gasteiger partial charge in [-0.15, -0.1) is 0 Å².